The molecule has 2 rings (SSSR count). The minimum absolute atomic E-state index is 0.172. The van der Waals surface area contributed by atoms with E-state index in [1.54, 1.807) is 0 Å². The number of nitrogens with zero attached hydrogens (tertiary/aromatic N) is 2. The minimum Gasteiger partial charge on any atom is -0.341 e. The Labute approximate surface area is 110 Å². The highest BCUT2D eigenvalue weighted by atomic mass is 16.2. The molecule has 1 aliphatic heterocycles. The summed E-state index contributed by atoms with van der Waals surface area (Å²) in [5, 5.41) is 0. The molecule has 2 aliphatic rings. The fourth-order valence-electron chi connectivity index (χ4n) is 3.38. The summed E-state index contributed by atoms with van der Waals surface area (Å²) in [6, 6.07) is 0.629. The summed E-state index contributed by atoms with van der Waals surface area (Å²) in [5.41, 5.74) is 5.98. The van der Waals surface area contributed by atoms with Gasteiger partial charge in [-0.3, -0.25) is 4.79 Å². The van der Waals surface area contributed by atoms with E-state index in [1.165, 1.54) is 6.42 Å². The summed E-state index contributed by atoms with van der Waals surface area (Å²) in [4.78, 5) is 16.8. The van der Waals surface area contributed by atoms with E-state index in [2.05, 4.69) is 11.9 Å². The van der Waals surface area contributed by atoms with Gasteiger partial charge in [-0.1, -0.05) is 6.42 Å². The molecule has 0 aromatic rings. The van der Waals surface area contributed by atoms with Crippen LogP contribution >= 0.6 is 0 Å². The molecular weight excluding hydrogens is 226 g/mol. The van der Waals surface area contributed by atoms with E-state index in [-0.39, 0.29) is 12.0 Å². The maximum atomic E-state index is 12.5. The maximum absolute atomic E-state index is 12.5. The Balaban J connectivity index is 1.91. The van der Waals surface area contributed by atoms with E-state index >= 15 is 0 Å². The fourth-order valence-corrected chi connectivity index (χ4v) is 3.38. The van der Waals surface area contributed by atoms with Crippen LogP contribution in [-0.4, -0.2) is 55.0 Å². The van der Waals surface area contributed by atoms with E-state index in [4.69, 9.17) is 5.73 Å². The third kappa shape index (κ3) is 3.23. The SMILES string of the molecule is CN1CCCC(N(C)C(=O)C2CCCC(N)C2)C1. The van der Waals surface area contributed by atoms with Gasteiger partial charge in [-0.2, -0.15) is 0 Å². The van der Waals surface area contributed by atoms with Crippen molar-refractivity contribution in [3.05, 3.63) is 0 Å². The van der Waals surface area contributed by atoms with Crippen LogP contribution in [-0.2, 0) is 4.79 Å². The van der Waals surface area contributed by atoms with Gasteiger partial charge in [-0.05, 0) is 45.7 Å². The van der Waals surface area contributed by atoms with Crippen molar-refractivity contribution in [2.24, 2.45) is 11.7 Å². The van der Waals surface area contributed by atoms with Crippen LogP contribution in [0.25, 0.3) is 0 Å². The van der Waals surface area contributed by atoms with Gasteiger partial charge in [0.15, 0.2) is 0 Å². The van der Waals surface area contributed by atoms with Crippen molar-refractivity contribution >= 4 is 5.91 Å². The highest BCUT2D eigenvalue weighted by molar-refractivity contribution is 5.79. The Morgan fingerprint density at radius 2 is 2.06 bits per heavy atom. The summed E-state index contributed by atoms with van der Waals surface area (Å²) in [5.74, 6) is 0.497. The van der Waals surface area contributed by atoms with Gasteiger partial charge >= 0.3 is 0 Å². The molecule has 1 amide bonds. The number of rotatable bonds is 2. The highest BCUT2D eigenvalue weighted by Crippen LogP contribution is 2.26. The number of nitrogens with two attached hydrogens (primary N) is 1. The first kappa shape index (κ1) is 13.8. The molecule has 4 heteroatoms. The van der Waals surface area contributed by atoms with Crippen molar-refractivity contribution in [3.8, 4) is 0 Å². The lowest BCUT2D eigenvalue weighted by Crippen LogP contribution is -2.50. The van der Waals surface area contributed by atoms with Gasteiger partial charge in [0.05, 0.1) is 0 Å². The van der Waals surface area contributed by atoms with Crippen molar-refractivity contribution in [2.75, 3.05) is 27.2 Å². The Hall–Kier alpha value is -0.610. The van der Waals surface area contributed by atoms with Gasteiger partial charge in [0.25, 0.3) is 0 Å². The van der Waals surface area contributed by atoms with Crippen molar-refractivity contribution in [1.29, 1.82) is 0 Å². The van der Waals surface area contributed by atoms with Crippen molar-refractivity contribution in [3.63, 3.8) is 0 Å². The van der Waals surface area contributed by atoms with Gasteiger partial charge in [0, 0.05) is 31.6 Å². The fraction of sp³-hybridized carbons (Fsp3) is 0.929. The average molecular weight is 253 g/mol. The maximum Gasteiger partial charge on any atom is 0.225 e. The molecule has 0 bridgehead atoms. The molecule has 0 radical (unpaired) electrons. The lowest BCUT2D eigenvalue weighted by Gasteiger charge is -2.38. The van der Waals surface area contributed by atoms with Gasteiger partial charge in [-0.15, -0.1) is 0 Å². The number of piperidine rings is 1. The largest absolute Gasteiger partial charge is 0.341 e. The molecule has 0 aromatic heterocycles. The Morgan fingerprint density at radius 3 is 2.72 bits per heavy atom. The average Bonchev–Trinajstić information content (AvgIpc) is 2.37. The second kappa shape index (κ2) is 6.02. The van der Waals surface area contributed by atoms with E-state index in [0.717, 1.165) is 45.2 Å². The molecule has 0 aromatic carbocycles. The number of likely N-dealkylation sites (tertiary alicyclic amines) is 1. The standard InChI is InChI=1S/C14H27N3O/c1-16-8-4-7-13(10-16)17(2)14(18)11-5-3-6-12(15)9-11/h11-13H,3-10,15H2,1-2H3. The molecule has 2 fully saturated rings. The first-order valence-corrected chi connectivity index (χ1v) is 7.28. The van der Waals surface area contributed by atoms with Gasteiger partial charge < -0.3 is 15.5 Å². The molecule has 18 heavy (non-hydrogen) atoms. The van der Waals surface area contributed by atoms with Crippen LogP contribution in [0.5, 0.6) is 0 Å². The van der Waals surface area contributed by atoms with Crippen LogP contribution in [0, 0.1) is 5.92 Å². The molecule has 1 saturated heterocycles. The molecule has 0 spiro atoms. The summed E-state index contributed by atoms with van der Waals surface area (Å²) in [6.07, 6.45) is 6.44. The van der Waals surface area contributed by atoms with Crippen LogP contribution < -0.4 is 5.73 Å². The molecule has 4 nitrogen and oxygen atoms in total. The molecule has 2 N–H and O–H groups in total. The number of likely N-dealkylation sites (N-methyl/N-ethyl adjacent to an activating group) is 2. The summed E-state index contributed by atoms with van der Waals surface area (Å²) < 4.78 is 0. The number of carbonyl (C=O) groups is 1. The summed E-state index contributed by atoms with van der Waals surface area (Å²) in [7, 11) is 4.12. The number of hydrogen-bond donors (Lipinski definition) is 1. The van der Waals surface area contributed by atoms with Crippen LogP contribution in [0.15, 0.2) is 0 Å². The zero-order valence-electron chi connectivity index (χ0n) is 11.8. The predicted octanol–water partition coefficient (Wildman–Crippen LogP) is 1.06. The Kier molecular flexibility index (Phi) is 4.62. The molecule has 104 valence electrons. The van der Waals surface area contributed by atoms with Gasteiger partial charge in [0.2, 0.25) is 5.91 Å². The first-order chi connectivity index (χ1) is 8.58. The monoisotopic (exact) mass is 253 g/mol. The zero-order chi connectivity index (χ0) is 13.1. The van der Waals surface area contributed by atoms with Crippen molar-refractivity contribution < 1.29 is 4.79 Å². The Morgan fingerprint density at radius 1 is 1.28 bits per heavy atom. The normalized spacial score (nSPS) is 34.3. The number of amides is 1. The molecule has 1 heterocycles. The van der Waals surface area contributed by atoms with Crippen LogP contribution in [0.4, 0.5) is 0 Å². The zero-order valence-corrected chi connectivity index (χ0v) is 11.8. The third-order valence-electron chi connectivity index (χ3n) is 4.56. The quantitative estimate of drug-likeness (QED) is 0.800. The second-order valence-electron chi connectivity index (χ2n) is 6.13. The third-order valence-corrected chi connectivity index (χ3v) is 4.56. The molecule has 1 saturated carbocycles. The van der Waals surface area contributed by atoms with E-state index in [1.807, 2.05) is 11.9 Å². The highest BCUT2D eigenvalue weighted by Gasteiger charge is 2.31. The lowest BCUT2D eigenvalue weighted by atomic mass is 9.85. The smallest absolute Gasteiger partial charge is 0.225 e. The van der Waals surface area contributed by atoms with Crippen LogP contribution in [0.1, 0.15) is 38.5 Å². The van der Waals surface area contributed by atoms with Gasteiger partial charge in [-0.25, -0.2) is 0 Å². The number of hydrogen-bond acceptors (Lipinski definition) is 3. The number of carbonyl (C=O) groups excluding carboxylic acids is 1. The molecule has 3 unspecified atom stereocenters. The van der Waals surface area contributed by atoms with Crippen molar-refractivity contribution in [1.82, 2.24) is 9.80 Å². The molecule has 3 atom stereocenters. The van der Waals surface area contributed by atoms with Crippen molar-refractivity contribution in [2.45, 2.75) is 50.6 Å². The minimum atomic E-state index is 0.172. The summed E-state index contributed by atoms with van der Waals surface area (Å²) in [6.45, 7) is 2.17. The molecule has 1 aliphatic carbocycles. The second-order valence-corrected chi connectivity index (χ2v) is 6.13. The molecular formula is C14H27N3O. The van der Waals surface area contributed by atoms with E-state index in [9.17, 15) is 4.79 Å². The van der Waals surface area contributed by atoms with Crippen LogP contribution in [0.2, 0.25) is 0 Å². The lowest BCUT2D eigenvalue weighted by molar-refractivity contribution is -0.138. The predicted molar refractivity (Wildman–Crippen MR) is 73.2 cm³/mol. The van der Waals surface area contributed by atoms with Gasteiger partial charge in [0.1, 0.15) is 0 Å². The Bertz CT molecular complexity index is 295. The topological polar surface area (TPSA) is 49.6 Å². The summed E-state index contributed by atoms with van der Waals surface area (Å²) >= 11 is 0. The van der Waals surface area contributed by atoms with Crippen LogP contribution in [0.3, 0.4) is 0 Å². The van der Waals surface area contributed by atoms with E-state index in [0.29, 0.717) is 11.9 Å². The first-order valence-electron chi connectivity index (χ1n) is 7.28. The van der Waals surface area contributed by atoms with E-state index < -0.39 is 0 Å².